The van der Waals surface area contributed by atoms with Gasteiger partial charge in [0.05, 0.1) is 15.8 Å². The summed E-state index contributed by atoms with van der Waals surface area (Å²) in [4.78, 5) is 3.83. The van der Waals surface area contributed by atoms with Crippen LogP contribution in [0.2, 0.25) is 5.15 Å². The van der Waals surface area contributed by atoms with Gasteiger partial charge in [-0.05, 0) is 12.1 Å². The molecule has 1 aromatic heterocycles. The van der Waals surface area contributed by atoms with E-state index in [0.717, 1.165) is 10.1 Å². The van der Waals surface area contributed by atoms with Gasteiger partial charge in [0.2, 0.25) is 0 Å². The quantitative estimate of drug-likeness (QED) is 0.591. The summed E-state index contributed by atoms with van der Waals surface area (Å²) in [6, 6.07) is 3.53. The molecule has 1 aromatic rings. The van der Waals surface area contributed by atoms with Gasteiger partial charge in [0.15, 0.2) is 5.15 Å². The summed E-state index contributed by atoms with van der Waals surface area (Å²) >= 11 is 10.2. The number of nitrogens with one attached hydrogen (secondary N) is 1. The Morgan fingerprint density at radius 2 is 2.55 bits per heavy atom. The van der Waals surface area contributed by atoms with Crippen LogP contribution in [0.5, 0.6) is 0 Å². The van der Waals surface area contributed by atoms with Crippen LogP contribution in [0.1, 0.15) is 0 Å². The maximum atomic E-state index is 5.68. The van der Waals surface area contributed by atoms with Crippen molar-refractivity contribution in [2.45, 2.75) is 0 Å². The lowest BCUT2D eigenvalue weighted by Gasteiger charge is -1.97. The Bertz CT molecular complexity index is 298. The molecule has 0 fully saturated rings. The van der Waals surface area contributed by atoms with Crippen LogP contribution >= 0.6 is 11.6 Å². The monoisotopic (exact) mass is 205 g/mol. The Morgan fingerprint density at radius 3 is 3.18 bits per heavy atom. The lowest BCUT2D eigenvalue weighted by Crippen LogP contribution is -1.88. The number of aromatic nitrogens is 1. The van der Waals surface area contributed by atoms with E-state index in [9.17, 15) is 0 Å². The summed E-state index contributed by atoms with van der Waals surface area (Å²) in [7, 11) is 0.916. The summed E-state index contributed by atoms with van der Waals surface area (Å²) in [5, 5.41) is 0.389. The van der Waals surface area contributed by atoms with E-state index in [0.29, 0.717) is 10.8 Å². The van der Waals surface area contributed by atoms with Gasteiger partial charge in [0.1, 0.15) is 0 Å². The van der Waals surface area contributed by atoms with Crippen molar-refractivity contribution in [1.29, 1.82) is 0 Å². The minimum Gasteiger partial charge on any atom is -0.264 e. The second-order valence-electron chi connectivity index (χ2n) is 1.62. The Hall–Kier alpha value is -0.520. The molecule has 3 nitrogen and oxygen atoms in total. The van der Waals surface area contributed by atoms with Gasteiger partial charge in [-0.3, -0.25) is 5.43 Å². The van der Waals surface area contributed by atoms with Crippen LogP contribution in [-0.4, -0.2) is 4.98 Å². The van der Waals surface area contributed by atoms with Crippen LogP contribution in [0.3, 0.4) is 0 Å². The molecule has 0 bridgehead atoms. The van der Waals surface area contributed by atoms with Gasteiger partial charge in [-0.2, -0.15) is 0 Å². The molecule has 11 heavy (non-hydrogen) atoms. The highest BCUT2D eigenvalue weighted by atomic mass is 35.5. The molecule has 1 heterocycles. The van der Waals surface area contributed by atoms with Crippen LogP contribution in [0.25, 0.3) is 0 Å². The fraction of sp³-hybridized carbons (Fsp3) is 0. The number of anilines is 1. The van der Waals surface area contributed by atoms with Crippen molar-refractivity contribution in [3.63, 3.8) is 0 Å². The number of halogens is 1. The first kappa shape index (κ1) is 8.58. The summed E-state index contributed by atoms with van der Waals surface area (Å²) in [5.41, 5.74) is 3.31. The Kier molecular flexibility index (Phi) is 3.41. The normalized spacial score (nSPS) is 8.82. The molecule has 6 heteroatoms. The fourth-order valence-corrected chi connectivity index (χ4v) is 0.946. The molecular weight excluding hydrogens is 202 g/mol. The van der Waals surface area contributed by atoms with E-state index in [1.807, 2.05) is 0 Å². The lowest BCUT2D eigenvalue weighted by atomic mass is 10.4. The van der Waals surface area contributed by atoms with Crippen LogP contribution in [-0.2, 0) is 21.3 Å². The number of pyridine rings is 1. The average Bonchev–Trinajstić information content (AvgIpc) is 2.03. The zero-order valence-electron chi connectivity index (χ0n) is 5.32. The molecule has 0 aliphatic heterocycles. The molecule has 0 saturated heterocycles. The third-order valence-electron chi connectivity index (χ3n) is 0.962. The Labute approximate surface area is 77.1 Å². The topological polar surface area (TPSA) is 37.3 Å². The predicted octanol–water partition coefficient (Wildman–Crippen LogP) is 1.79. The van der Waals surface area contributed by atoms with E-state index < -0.39 is 0 Å². The molecule has 0 aliphatic carbocycles. The molecule has 0 spiro atoms. The van der Waals surface area contributed by atoms with Crippen LogP contribution < -0.4 is 5.43 Å². The van der Waals surface area contributed by atoms with Gasteiger partial charge < -0.3 is 0 Å². The van der Waals surface area contributed by atoms with Crippen molar-refractivity contribution >= 4 is 38.6 Å². The van der Waals surface area contributed by atoms with E-state index in [2.05, 4.69) is 26.1 Å². The first-order valence-electron chi connectivity index (χ1n) is 2.70. The number of hydrogen-bond donors (Lipinski definition) is 1. The van der Waals surface area contributed by atoms with Crippen molar-refractivity contribution in [2.24, 2.45) is 4.47 Å². The summed E-state index contributed by atoms with van der Waals surface area (Å²) in [6.45, 7) is 0. The van der Waals surface area contributed by atoms with Crippen molar-refractivity contribution in [3.8, 4) is 0 Å². The van der Waals surface area contributed by atoms with Gasteiger partial charge in [-0.1, -0.05) is 11.6 Å². The first-order valence-corrected chi connectivity index (χ1v) is 4.78. The van der Waals surface area contributed by atoms with Crippen molar-refractivity contribution in [3.05, 3.63) is 23.5 Å². The molecule has 0 saturated carbocycles. The van der Waals surface area contributed by atoms with Gasteiger partial charge in [0.25, 0.3) is 0 Å². The van der Waals surface area contributed by atoms with Gasteiger partial charge >= 0.3 is 0 Å². The largest absolute Gasteiger partial charge is 0.264 e. The molecule has 0 atom stereocenters. The summed E-state index contributed by atoms with van der Waals surface area (Å²) in [6.07, 6.45) is 1.61. The summed E-state index contributed by atoms with van der Waals surface area (Å²) in [5.74, 6) is 0. The van der Waals surface area contributed by atoms with Crippen molar-refractivity contribution < 1.29 is 0 Å². The van der Waals surface area contributed by atoms with Gasteiger partial charge in [-0.25, -0.2) is 4.98 Å². The standard InChI is InChI=1S/C5H4ClN3S2/c6-5-4(8-9-11-10)2-1-3-7-5/h1-3,8H. The van der Waals surface area contributed by atoms with Crippen molar-refractivity contribution in [2.75, 3.05) is 5.43 Å². The zero-order chi connectivity index (χ0) is 8.10. The molecule has 58 valence electrons. The molecule has 0 aromatic carbocycles. The van der Waals surface area contributed by atoms with Crippen molar-refractivity contribution in [1.82, 2.24) is 4.98 Å². The highest BCUT2D eigenvalue weighted by Crippen LogP contribution is 2.16. The average molecular weight is 206 g/mol. The van der Waals surface area contributed by atoms with Gasteiger partial charge in [0, 0.05) is 17.4 Å². The minimum atomic E-state index is 0.389. The zero-order valence-corrected chi connectivity index (χ0v) is 7.71. The number of hydrogen-bond acceptors (Lipinski definition) is 3. The molecule has 0 radical (unpaired) electrons. The Balaban J connectivity index is 2.85. The SMILES string of the molecule is S=S=NNc1cccnc1Cl. The molecular formula is C5H4ClN3S2. The molecule has 0 amide bonds. The second kappa shape index (κ2) is 4.38. The predicted molar refractivity (Wildman–Crippen MR) is 50.0 cm³/mol. The van der Waals surface area contributed by atoms with E-state index >= 15 is 0 Å². The number of nitrogens with zero attached hydrogens (tertiary/aromatic N) is 2. The third kappa shape index (κ3) is 2.53. The highest BCUT2D eigenvalue weighted by molar-refractivity contribution is 8.12. The molecule has 0 aliphatic rings. The van der Waals surface area contributed by atoms with E-state index in [1.165, 1.54) is 0 Å². The van der Waals surface area contributed by atoms with Crippen LogP contribution in [0.4, 0.5) is 5.69 Å². The third-order valence-corrected chi connectivity index (χ3v) is 1.65. The lowest BCUT2D eigenvalue weighted by molar-refractivity contribution is 1.28. The van der Waals surface area contributed by atoms with E-state index in [1.54, 1.807) is 18.3 Å². The maximum absolute atomic E-state index is 5.68. The first-order chi connectivity index (χ1) is 5.34. The number of rotatable bonds is 2. The van der Waals surface area contributed by atoms with Gasteiger partial charge in [-0.15, -0.1) is 4.47 Å². The van der Waals surface area contributed by atoms with E-state index in [-0.39, 0.29) is 0 Å². The fourth-order valence-electron chi connectivity index (χ4n) is 0.537. The van der Waals surface area contributed by atoms with Crippen LogP contribution in [0, 0.1) is 0 Å². The van der Waals surface area contributed by atoms with Crippen LogP contribution in [0.15, 0.2) is 22.8 Å². The molecule has 0 unspecified atom stereocenters. The highest BCUT2D eigenvalue weighted by Gasteiger charge is 1.95. The second-order valence-corrected chi connectivity index (χ2v) is 2.76. The van der Waals surface area contributed by atoms with E-state index in [4.69, 9.17) is 11.6 Å². The smallest absolute Gasteiger partial charge is 0.153 e. The Morgan fingerprint density at radius 1 is 1.73 bits per heavy atom. The molecule has 1 rings (SSSR count). The maximum Gasteiger partial charge on any atom is 0.153 e. The summed E-state index contributed by atoms with van der Waals surface area (Å²) < 4.78 is 3.66. The minimum absolute atomic E-state index is 0.389. The molecule has 1 N–H and O–H groups in total.